The third-order valence-corrected chi connectivity index (χ3v) is 3.43. The predicted molar refractivity (Wildman–Crippen MR) is 69.8 cm³/mol. The Morgan fingerprint density at radius 2 is 2.40 bits per heavy atom. The number of esters is 1. The lowest BCUT2D eigenvalue weighted by Crippen LogP contribution is -2.42. The zero-order valence-electron chi connectivity index (χ0n) is 10.6. The lowest BCUT2D eigenvalue weighted by atomic mass is 10.1. The molecule has 0 aromatic heterocycles. The van der Waals surface area contributed by atoms with E-state index in [1.807, 2.05) is 4.90 Å². The fourth-order valence-corrected chi connectivity index (χ4v) is 2.51. The van der Waals surface area contributed by atoms with Crippen LogP contribution >= 0.6 is 0 Å². The molecule has 106 valence electrons. The maximum Gasteiger partial charge on any atom is 0.339 e. The SMILES string of the molecule is O=C(OCO)C1OCN2c3ccc(O)cc3C=NCC12. The quantitative estimate of drug-likeness (QED) is 0.577. The largest absolute Gasteiger partial charge is 0.508 e. The Hall–Kier alpha value is -2.12. The highest BCUT2D eigenvalue weighted by molar-refractivity contribution is 5.90. The normalized spacial score (nSPS) is 23.9. The first-order valence-electron chi connectivity index (χ1n) is 6.19. The van der Waals surface area contributed by atoms with E-state index in [4.69, 9.17) is 9.84 Å². The summed E-state index contributed by atoms with van der Waals surface area (Å²) in [4.78, 5) is 17.9. The predicted octanol–water partition coefficient (Wildman–Crippen LogP) is -0.151. The lowest BCUT2D eigenvalue weighted by molar-refractivity contribution is -0.162. The molecule has 1 aromatic carbocycles. The van der Waals surface area contributed by atoms with Crippen LogP contribution in [0.2, 0.25) is 0 Å². The van der Waals surface area contributed by atoms with Crippen molar-refractivity contribution < 1.29 is 24.5 Å². The van der Waals surface area contributed by atoms with Crippen LogP contribution in [0.3, 0.4) is 0 Å². The van der Waals surface area contributed by atoms with Crippen LogP contribution in [-0.4, -0.2) is 54.6 Å². The molecule has 0 saturated carbocycles. The molecule has 2 aliphatic heterocycles. The van der Waals surface area contributed by atoms with Crippen molar-refractivity contribution in [3.8, 4) is 5.75 Å². The molecule has 1 fully saturated rings. The molecule has 1 aromatic rings. The van der Waals surface area contributed by atoms with Gasteiger partial charge in [0.05, 0.1) is 12.6 Å². The van der Waals surface area contributed by atoms with Crippen molar-refractivity contribution in [3.05, 3.63) is 23.8 Å². The van der Waals surface area contributed by atoms with Crippen LogP contribution < -0.4 is 4.90 Å². The third kappa shape index (κ3) is 2.10. The maximum absolute atomic E-state index is 11.8. The second-order valence-corrected chi connectivity index (χ2v) is 4.58. The van der Waals surface area contributed by atoms with E-state index in [0.717, 1.165) is 11.3 Å². The van der Waals surface area contributed by atoms with Crippen LogP contribution in [0.25, 0.3) is 0 Å². The Morgan fingerprint density at radius 3 is 3.20 bits per heavy atom. The number of hydrogen-bond acceptors (Lipinski definition) is 7. The number of carbonyl (C=O) groups excluding carboxylic acids is 1. The van der Waals surface area contributed by atoms with Gasteiger partial charge in [0.25, 0.3) is 0 Å². The second kappa shape index (κ2) is 5.10. The number of aliphatic hydroxyl groups excluding tert-OH is 1. The van der Waals surface area contributed by atoms with E-state index >= 15 is 0 Å². The van der Waals surface area contributed by atoms with Crippen LogP contribution in [0.15, 0.2) is 23.2 Å². The number of benzene rings is 1. The van der Waals surface area contributed by atoms with Gasteiger partial charge in [-0.25, -0.2) is 4.79 Å². The maximum atomic E-state index is 11.8. The molecule has 2 N–H and O–H groups in total. The van der Waals surface area contributed by atoms with E-state index < -0.39 is 18.9 Å². The number of aliphatic hydroxyl groups is 1. The van der Waals surface area contributed by atoms with Gasteiger partial charge in [0, 0.05) is 17.5 Å². The van der Waals surface area contributed by atoms with Gasteiger partial charge < -0.3 is 24.6 Å². The van der Waals surface area contributed by atoms with Crippen molar-refractivity contribution >= 4 is 17.9 Å². The van der Waals surface area contributed by atoms with E-state index in [2.05, 4.69) is 9.73 Å². The number of rotatable bonds is 2. The summed E-state index contributed by atoms with van der Waals surface area (Å²) in [6.07, 6.45) is 0.890. The van der Waals surface area contributed by atoms with Crippen LogP contribution in [0.1, 0.15) is 5.56 Å². The summed E-state index contributed by atoms with van der Waals surface area (Å²) >= 11 is 0. The molecule has 2 heterocycles. The third-order valence-electron chi connectivity index (χ3n) is 3.43. The standard InChI is InChI=1S/C13H14N2O5/c16-7-20-13(18)12-11-5-14-4-8-3-9(17)1-2-10(8)15(11)6-19-12/h1-4,11-12,16-17H,5-7H2. The minimum Gasteiger partial charge on any atom is -0.508 e. The monoisotopic (exact) mass is 278 g/mol. The van der Waals surface area contributed by atoms with Crippen LogP contribution in [0.5, 0.6) is 5.75 Å². The number of nitrogens with zero attached hydrogens (tertiary/aromatic N) is 2. The second-order valence-electron chi connectivity index (χ2n) is 4.58. The summed E-state index contributed by atoms with van der Waals surface area (Å²) < 4.78 is 10.1. The van der Waals surface area contributed by atoms with E-state index in [-0.39, 0.29) is 18.5 Å². The Bertz CT molecular complexity index is 560. The highest BCUT2D eigenvalue weighted by atomic mass is 16.6. The van der Waals surface area contributed by atoms with Crippen molar-refractivity contribution in [2.24, 2.45) is 4.99 Å². The number of ether oxygens (including phenoxy) is 2. The summed E-state index contributed by atoms with van der Waals surface area (Å²) in [6, 6.07) is 4.67. The molecule has 20 heavy (non-hydrogen) atoms. The van der Waals surface area contributed by atoms with Crippen LogP contribution in [-0.2, 0) is 14.3 Å². The zero-order chi connectivity index (χ0) is 14.1. The molecule has 0 radical (unpaired) electrons. The molecule has 0 spiro atoms. The first-order chi connectivity index (χ1) is 9.70. The molecule has 7 nitrogen and oxygen atoms in total. The van der Waals surface area contributed by atoms with Crippen LogP contribution in [0.4, 0.5) is 5.69 Å². The van der Waals surface area contributed by atoms with Gasteiger partial charge in [-0.15, -0.1) is 0 Å². The summed E-state index contributed by atoms with van der Waals surface area (Å²) in [5.41, 5.74) is 1.61. The van der Waals surface area contributed by atoms with Gasteiger partial charge in [-0.3, -0.25) is 4.99 Å². The number of fused-ring (bicyclic) bond motifs is 3. The highest BCUT2D eigenvalue weighted by Gasteiger charge is 2.42. The molecule has 3 rings (SSSR count). The van der Waals surface area contributed by atoms with Gasteiger partial charge >= 0.3 is 5.97 Å². The number of anilines is 1. The van der Waals surface area contributed by atoms with E-state index in [1.165, 1.54) is 0 Å². The summed E-state index contributed by atoms with van der Waals surface area (Å²) in [5, 5.41) is 18.2. The van der Waals surface area contributed by atoms with Gasteiger partial charge in [0.1, 0.15) is 12.5 Å². The first kappa shape index (κ1) is 12.9. The number of hydrogen-bond donors (Lipinski definition) is 2. The van der Waals surface area contributed by atoms with Crippen molar-refractivity contribution in [2.45, 2.75) is 12.1 Å². The summed E-state index contributed by atoms with van der Waals surface area (Å²) in [7, 11) is 0. The molecule has 1 saturated heterocycles. The lowest BCUT2D eigenvalue weighted by Gasteiger charge is -2.24. The number of phenols is 1. The molecule has 2 aliphatic rings. The van der Waals surface area contributed by atoms with Crippen molar-refractivity contribution in [1.29, 1.82) is 0 Å². The Kier molecular flexibility index (Phi) is 3.29. The van der Waals surface area contributed by atoms with E-state index in [1.54, 1.807) is 24.4 Å². The van der Waals surface area contributed by atoms with Gasteiger partial charge in [-0.1, -0.05) is 0 Å². The molecule has 2 unspecified atom stereocenters. The Labute approximate surface area is 115 Å². The number of aromatic hydroxyl groups is 1. The molecule has 0 aliphatic carbocycles. The van der Waals surface area contributed by atoms with Gasteiger partial charge in [-0.2, -0.15) is 0 Å². The van der Waals surface area contributed by atoms with Crippen molar-refractivity contribution in [3.63, 3.8) is 0 Å². The van der Waals surface area contributed by atoms with Gasteiger partial charge in [-0.05, 0) is 18.2 Å². The molecular weight excluding hydrogens is 264 g/mol. The topological polar surface area (TPSA) is 91.6 Å². The fourth-order valence-electron chi connectivity index (χ4n) is 2.51. The Balaban J connectivity index is 1.91. The number of phenolic OH excluding ortho intramolecular Hbond substituents is 1. The average Bonchev–Trinajstić information content (AvgIpc) is 2.75. The molecular formula is C13H14N2O5. The van der Waals surface area contributed by atoms with E-state index in [0.29, 0.717) is 6.54 Å². The number of carbonyl (C=O) groups is 1. The van der Waals surface area contributed by atoms with Gasteiger partial charge in [0.2, 0.25) is 0 Å². The fraction of sp³-hybridized carbons (Fsp3) is 0.385. The average molecular weight is 278 g/mol. The highest BCUT2D eigenvalue weighted by Crippen LogP contribution is 2.32. The molecule has 0 bridgehead atoms. The first-order valence-corrected chi connectivity index (χ1v) is 6.19. The minimum absolute atomic E-state index is 0.157. The minimum atomic E-state index is -0.779. The summed E-state index contributed by atoms with van der Waals surface area (Å²) in [5.74, 6) is -0.442. The Morgan fingerprint density at radius 1 is 1.55 bits per heavy atom. The molecule has 2 atom stereocenters. The van der Waals surface area contributed by atoms with Gasteiger partial charge in [0.15, 0.2) is 12.9 Å². The summed E-state index contributed by atoms with van der Waals surface area (Å²) in [6.45, 7) is -0.0588. The zero-order valence-corrected chi connectivity index (χ0v) is 10.6. The molecule has 0 amide bonds. The van der Waals surface area contributed by atoms with E-state index in [9.17, 15) is 9.90 Å². The number of aliphatic imine (C=N–C) groups is 1. The smallest absolute Gasteiger partial charge is 0.339 e. The van der Waals surface area contributed by atoms with Crippen LogP contribution in [0, 0.1) is 0 Å². The molecule has 7 heteroatoms. The van der Waals surface area contributed by atoms with Crippen molar-refractivity contribution in [2.75, 3.05) is 25.0 Å². The van der Waals surface area contributed by atoms with Crippen molar-refractivity contribution in [1.82, 2.24) is 0 Å².